The number of hydrogen-bond acceptors (Lipinski definition) is 2. The molecule has 0 aliphatic heterocycles. The predicted octanol–water partition coefficient (Wildman–Crippen LogP) is 1.67. The molecule has 14 heavy (non-hydrogen) atoms. The molecule has 0 amide bonds. The van der Waals surface area contributed by atoms with Crippen LogP contribution in [0.15, 0.2) is 21.4 Å². The third-order valence-electron chi connectivity index (χ3n) is 2.08. The lowest BCUT2D eigenvalue weighted by Gasteiger charge is -2.06. The zero-order valence-corrected chi connectivity index (χ0v) is 9.05. The first-order valence-electron chi connectivity index (χ1n) is 4.17. The molecule has 1 aromatic heterocycles. The van der Waals surface area contributed by atoms with Crippen LogP contribution in [-0.2, 0) is 0 Å². The van der Waals surface area contributed by atoms with Crippen LogP contribution in [0.2, 0.25) is 0 Å². The number of nitrogens with one attached hydrogen (secondary N) is 2. The van der Waals surface area contributed by atoms with E-state index in [9.17, 15) is 9.90 Å². The molecule has 0 saturated carbocycles. The van der Waals surface area contributed by atoms with E-state index in [0.29, 0.717) is 5.52 Å². The molecule has 0 unspecified atom stereocenters. The first-order valence-corrected chi connectivity index (χ1v) is 4.97. The molecule has 0 aliphatic rings. The van der Waals surface area contributed by atoms with Crippen LogP contribution >= 0.6 is 15.9 Å². The van der Waals surface area contributed by atoms with Gasteiger partial charge in [-0.15, -0.1) is 0 Å². The van der Waals surface area contributed by atoms with Gasteiger partial charge in [-0.2, -0.15) is 0 Å². The van der Waals surface area contributed by atoms with E-state index < -0.39 is 6.10 Å². The summed E-state index contributed by atoms with van der Waals surface area (Å²) in [6.45, 7) is 1.68. The van der Waals surface area contributed by atoms with Crippen molar-refractivity contribution in [2.75, 3.05) is 0 Å². The third-order valence-corrected chi connectivity index (χ3v) is 2.77. The van der Waals surface area contributed by atoms with Crippen molar-refractivity contribution in [3.63, 3.8) is 0 Å². The van der Waals surface area contributed by atoms with E-state index in [-0.39, 0.29) is 5.69 Å². The Labute approximate surface area is 88.1 Å². The van der Waals surface area contributed by atoms with Gasteiger partial charge in [0.2, 0.25) is 0 Å². The van der Waals surface area contributed by atoms with E-state index in [0.717, 1.165) is 15.6 Å². The number of aromatic nitrogens is 2. The number of fused-ring (bicyclic) bond motifs is 1. The molecular formula is C9H9BrN2O2. The smallest absolute Gasteiger partial charge is 0.323 e. The summed E-state index contributed by atoms with van der Waals surface area (Å²) in [4.78, 5) is 16.3. The predicted molar refractivity (Wildman–Crippen MR) is 57.3 cm³/mol. The van der Waals surface area contributed by atoms with Crippen molar-refractivity contribution in [3.05, 3.63) is 32.7 Å². The molecule has 2 aromatic rings. The van der Waals surface area contributed by atoms with Crippen LogP contribution < -0.4 is 5.69 Å². The Morgan fingerprint density at radius 1 is 1.36 bits per heavy atom. The zero-order valence-electron chi connectivity index (χ0n) is 7.47. The monoisotopic (exact) mass is 256 g/mol. The number of halogens is 1. The highest BCUT2D eigenvalue weighted by atomic mass is 79.9. The van der Waals surface area contributed by atoms with E-state index in [1.807, 2.05) is 0 Å². The molecule has 3 N–H and O–H groups in total. The number of H-pyrrole nitrogens is 2. The van der Waals surface area contributed by atoms with Crippen molar-refractivity contribution >= 4 is 27.0 Å². The lowest BCUT2D eigenvalue weighted by Crippen LogP contribution is -1.99. The molecule has 5 heteroatoms. The first-order chi connectivity index (χ1) is 6.58. The molecule has 0 fully saturated rings. The molecule has 1 heterocycles. The second-order valence-corrected chi connectivity index (χ2v) is 4.03. The van der Waals surface area contributed by atoms with Crippen LogP contribution in [0, 0.1) is 0 Å². The third kappa shape index (κ3) is 1.49. The fraction of sp³-hybridized carbons (Fsp3) is 0.222. The Hall–Kier alpha value is -1.07. The van der Waals surface area contributed by atoms with E-state index >= 15 is 0 Å². The lowest BCUT2D eigenvalue weighted by molar-refractivity contribution is 0.198. The van der Waals surface area contributed by atoms with Crippen LogP contribution in [0.3, 0.4) is 0 Å². The Bertz CT molecular complexity index is 527. The van der Waals surface area contributed by atoms with Crippen molar-refractivity contribution < 1.29 is 5.11 Å². The Kier molecular flexibility index (Phi) is 2.20. The molecule has 0 aliphatic carbocycles. The highest BCUT2D eigenvalue weighted by molar-refractivity contribution is 9.10. The van der Waals surface area contributed by atoms with Crippen LogP contribution in [0.1, 0.15) is 18.6 Å². The number of aliphatic hydroxyl groups excluding tert-OH is 1. The standard InChI is InChI=1S/C9H9BrN2O2/c1-4(13)5-2-7-8(3-6(5)10)12-9(14)11-7/h2-4,13H,1H3,(H2,11,12,14)/t4-/m1/s1. The Morgan fingerprint density at radius 3 is 2.50 bits per heavy atom. The average Bonchev–Trinajstić information content (AvgIpc) is 2.42. The van der Waals surface area contributed by atoms with Crippen LogP contribution in [-0.4, -0.2) is 15.1 Å². The molecule has 2 rings (SSSR count). The molecule has 0 saturated heterocycles. The molecule has 4 nitrogen and oxygen atoms in total. The molecule has 0 bridgehead atoms. The summed E-state index contributed by atoms with van der Waals surface area (Å²) in [5, 5.41) is 9.44. The van der Waals surface area contributed by atoms with Crippen molar-refractivity contribution in [2.24, 2.45) is 0 Å². The van der Waals surface area contributed by atoms with Crippen LogP contribution in [0.5, 0.6) is 0 Å². The quantitative estimate of drug-likeness (QED) is 0.727. The number of aliphatic hydroxyl groups is 1. The molecular weight excluding hydrogens is 248 g/mol. The van der Waals surface area contributed by atoms with E-state index in [2.05, 4.69) is 25.9 Å². The summed E-state index contributed by atoms with van der Waals surface area (Å²) in [5.41, 5.74) is 1.95. The summed E-state index contributed by atoms with van der Waals surface area (Å²) < 4.78 is 0.787. The highest BCUT2D eigenvalue weighted by Gasteiger charge is 2.09. The molecule has 0 spiro atoms. The van der Waals surface area contributed by atoms with Gasteiger partial charge < -0.3 is 15.1 Å². The van der Waals surface area contributed by atoms with Crippen molar-refractivity contribution in [1.82, 2.24) is 9.97 Å². The first kappa shape index (κ1) is 9.48. The van der Waals surface area contributed by atoms with Crippen LogP contribution in [0.4, 0.5) is 0 Å². The maximum Gasteiger partial charge on any atom is 0.323 e. The van der Waals surface area contributed by atoms with E-state index in [1.54, 1.807) is 19.1 Å². The molecule has 1 atom stereocenters. The number of benzene rings is 1. The second-order valence-electron chi connectivity index (χ2n) is 3.17. The Morgan fingerprint density at radius 2 is 1.93 bits per heavy atom. The topological polar surface area (TPSA) is 68.9 Å². The van der Waals surface area contributed by atoms with Crippen LogP contribution in [0.25, 0.3) is 11.0 Å². The maximum absolute atomic E-state index is 11.0. The summed E-state index contributed by atoms with van der Waals surface area (Å²) in [7, 11) is 0. The number of aromatic amines is 2. The average molecular weight is 257 g/mol. The SMILES string of the molecule is C[C@@H](O)c1cc2[nH]c(=O)[nH]c2cc1Br. The largest absolute Gasteiger partial charge is 0.389 e. The van der Waals surface area contributed by atoms with Gasteiger partial charge in [-0.25, -0.2) is 4.79 Å². The summed E-state index contributed by atoms with van der Waals surface area (Å²) >= 11 is 3.33. The van der Waals surface area contributed by atoms with Gasteiger partial charge in [0.05, 0.1) is 17.1 Å². The van der Waals surface area contributed by atoms with Gasteiger partial charge in [0.15, 0.2) is 0 Å². The summed E-state index contributed by atoms with van der Waals surface area (Å²) in [5.74, 6) is 0. The van der Waals surface area contributed by atoms with Gasteiger partial charge in [0, 0.05) is 4.47 Å². The summed E-state index contributed by atoms with van der Waals surface area (Å²) in [6.07, 6.45) is -0.563. The van der Waals surface area contributed by atoms with Crippen molar-refractivity contribution in [3.8, 4) is 0 Å². The van der Waals surface area contributed by atoms with Crippen molar-refractivity contribution in [2.45, 2.75) is 13.0 Å². The van der Waals surface area contributed by atoms with Gasteiger partial charge in [-0.05, 0) is 24.6 Å². The van der Waals surface area contributed by atoms with Gasteiger partial charge in [-0.1, -0.05) is 15.9 Å². The van der Waals surface area contributed by atoms with Gasteiger partial charge in [0.25, 0.3) is 0 Å². The molecule has 1 aromatic carbocycles. The molecule has 0 radical (unpaired) electrons. The highest BCUT2D eigenvalue weighted by Crippen LogP contribution is 2.26. The number of rotatable bonds is 1. The minimum Gasteiger partial charge on any atom is -0.389 e. The fourth-order valence-electron chi connectivity index (χ4n) is 1.39. The second kappa shape index (κ2) is 3.25. The van der Waals surface area contributed by atoms with Crippen molar-refractivity contribution in [1.29, 1.82) is 0 Å². The summed E-state index contributed by atoms with van der Waals surface area (Å²) in [6, 6.07) is 3.53. The van der Waals surface area contributed by atoms with Gasteiger partial charge >= 0.3 is 5.69 Å². The van der Waals surface area contributed by atoms with E-state index in [1.165, 1.54) is 0 Å². The van der Waals surface area contributed by atoms with E-state index in [4.69, 9.17) is 0 Å². The maximum atomic E-state index is 11.0. The normalized spacial score (nSPS) is 13.4. The van der Waals surface area contributed by atoms with Gasteiger partial charge in [-0.3, -0.25) is 0 Å². The lowest BCUT2D eigenvalue weighted by atomic mass is 10.1. The minimum absolute atomic E-state index is 0.241. The van der Waals surface area contributed by atoms with Gasteiger partial charge in [0.1, 0.15) is 0 Å². The number of imidazole rings is 1. The Balaban J connectivity index is 2.76. The zero-order chi connectivity index (χ0) is 10.3. The number of hydrogen-bond donors (Lipinski definition) is 3. The minimum atomic E-state index is -0.563. The fourth-order valence-corrected chi connectivity index (χ4v) is 2.07. The molecule has 74 valence electrons.